The fourth-order valence-corrected chi connectivity index (χ4v) is 4.83. The summed E-state index contributed by atoms with van der Waals surface area (Å²) in [7, 11) is -1.90. The Morgan fingerprint density at radius 3 is 2.44 bits per heavy atom. The molecule has 0 unspecified atom stereocenters. The molecule has 0 bridgehead atoms. The minimum Gasteiger partial charge on any atom is -0.497 e. The van der Waals surface area contributed by atoms with Crippen LogP contribution in [-0.2, 0) is 9.84 Å². The summed E-state index contributed by atoms with van der Waals surface area (Å²) < 4.78 is 42.6. The smallest absolute Gasteiger partial charge is 0.327 e. The van der Waals surface area contributed by atoms with Crippen LogP contribution in [0, 0.1) is 5.82 Å². The lowest BCUT2D eigenvalue weighted by Crippen LogP contribution is -2.34. The predicted molar refractivity (Wildman–Crippen MR) is 128 cm³/mol. The SMILES string of the molecule is COc1ccc(C(=O)NC(=O)Nc2nc3ccc(S(C)(=O)=O)cc3s2)c(-c2ccc(F)cc2)c1. The van der Waals surface area contributed by atoms with Gasteiger partial charge in [-0.15, -0.1) is 0 Å². The number of benzene rings is 3. The highest BCUT2D eigenvalue weighted by Crippen LogP contribution is 2.30. The highest BCUT2D eigenvalue weighted by molar-refractivity contribution is 7.90. The molecule has 0 atom stereocenters. The van der Waals surface area contributed by atoms with Crippen LogP contribution in [0.25, 0.3) is 21.3 Å². The van der Waals surface area contributed by atoms with E-state index >= 15 is 0 Å². The number of ether oxygens (including phenoxy) is 1. The first-order chi connectivity index (χ1) is 16.1. The summed E-state index contributed by atoms with van der Waals surface area (Å²) in [6.07, 6.45) is 1.10. The van der Waals surface area contributed by atoms with Crippen molar-refractivity contribution in [2.24, 2.45) is 0 Å². The normalized spacial score (nSPS) is 11.3. The van der Waals surface area contributed by atoms with Crippen LogP contribution in [0.2, 0.25) is 0 Å². The molecule has 4 rings (SSSR count). The van der Waals surface area contributed by atoms with Gasteiger partial charge in [0.05, 0.1) is 22.2 Å². The average Bonchev–Trinajstić information content (AvgIpc) is 3.19. The molecule has 0 aliphatic rings. The first-order valence-corrected chi connectivity index (χ1v) is 12.5. The zero-order valence-electron chi connectivity index (χ0n) is 18.0. The Morgan fingerprint density at radius 2 is 1.76 bits per heavy atom. The van der Waals surface area contributed by atoms with Crippen molar-refractivity contribution in [2.75, 3.05) is 18.7 Å². The molecule has 0 aliphatic heterocycles. The van der Waals surface area contributed by atoms with Crippen molar-refractivity contribution in [3.8, 4) is 16.9 Å². The van der Waals surface area contributed by atoms with E-state index in [4.69, 9.17) is 4.74 Å². The first-order valence-electron chi connectivity index (χ1n) is 9.81. The van der Waals surface area contributed by atoms with Crippen LogP contribution in [0.15, 0.2) is 65.6 Å². The molecular formula is C23H18FN3O5S2. The van der Waals surface area contributed by atoms with Crippen molar-refractivity contribution >= 4 is 48.5 Å². The minimum atomic E-state index is -3.38. The fraction of sp³-hybridized carbons (Fsp3) is 0.0870. The second-order valence-electron chi connectivity index (χ2n) is 7.25. The Kier molecular flexibility index (Phi) is 6.31. The second kappa shape index (κ2) is 9.20. The maximum absolute atomic E-state index is 13.4. The van der Waals surface area contributed by atoms with Gasteiger partial charge in [0.1, 0.15) is 11.6 Å². The number of anilines is 1. The van der Waals surface area contributed by atoms with Gasteiger partial charge in [0.25, 0.3) is 5.91 Å². The topological polar surface area (TPSA) is 114 Å². The molecule has 4 aromatic rings. The molecule has 2 N–H and O–H groups in total. The standard InChI is InChI=1S/C23H18FN3O5S2/c1-32-15-7-9-17(18(11-15)13-3-5-14(24)6-4-13)21(28)26-22(29)27-23-25-19-10-8-16(34(2,30)31)12-20(19)33-23/h3-12H,1-2H3,(H2,25,26,27,28,29). The van der Waals surface area contributed by atoms with E-state index in [0.717, 1.165) is 17.6 Å². The molecule has 1 heterocycles. The van der Waals surface area contributed by atoms with E-state index in [2.05, 4.69) is 15.6 Å². The monoisotopic (exact) mass is 499 g/mol. The largest absolute Gasteiger partial charge is 0.497 e. The van der Waals surface area contributed by atoms with E-state index in [-0.39, 0.29) is 15.6 Å². The zero-order valence-corrected chi connectivity index (χ0v) is 19.6. The predicted octanol–water partition coefficient (Wildman–Crippen LogP) is 4.48. The number of urea groups is 1. The first kappa shape index (κ1) is 23.3. The van der Waals surface area contributed by atoms with Gasteiger partial charge < -0.3 is 4.74 Å². The van der Waals surface area contributed by atoms with Gasteiger partial charge >= 0.3 is 6.03 Å². The third-order valence-corrected chi connectivity index (χ3v) is 6.91. The number of aromatic nitrogens is 1. The summed E-state index contributed by atoms with van der Waals surface area (Å²) in [6, 6.07) is 13.9. The number of carbonyl (C=O) groups excluding carboxylic acids is 2. The van der Waals surface area contributed by atoms with E-state index in [1.165, 1.54) is 49.6 Å². The van der Waals surface area contributed by atoms with Crippen molar-refractivity contribution in [1.82, 2.24) is 10.3 Å². The highest BCUT2D eigenvalue weighted by Gasteiger charge is 2.18. The minimum absolute atomic E-state index is 0.141. The number of halogens is 1. The Bertz CT molecular complexity index is 1520. The maximum atomic E-state index is 13.4. The van der Waals surface area contributed by atoms with Crippen LogP contribution < -0.4 is 15.4 Å². The molecule has 174 valence electrons. The number of methoxy groups -OCH3 is 1. The van der Waals surface area contributed by atoms with E-state index in [9.17, 15) is 22.4 Å². The Morgan fingerprint density at radius 1 is 1.03 bits per heavy atom. The van der Waals surface area contributed by atoms with Gasteiger partial charge in [-0.1, -0.05) is 23.5 Å². The van der Waals surface area contributed by atoms with E-state index in [1.807, 2.05) is 0 Å². The second-order valence-corrected chi connectivity index (χ2v) is 10.3. The van der Waals surface area contributed by atoms with Crippen molar-refractivity contribution in [3.05, 3.63) is 72.0 Å². The molecule has 0 aliphatic carbocycles. The van der Waals surface area contributed by atoms with Crippen LogP contribution >= 0.6 is 11.3 Å². The molecular weight excluding hydrogens is 481 g/mol. The molecule has 0 fully saturated rings. The number of carbonyl (C=O) groups is 2. The number of sulfone groups is 1. The van der Waals surface area contributed by atoms with Crippen LogP contribution in [0.1, 0.15) is 10.4 Å². The number of thiazole rings is 1. The van der Waals surface area contributed by atoms with Gasteiger partial charge in [0.15, 0.2) is 15.0 Å². The maximum Gasteiger partial charge on any atom is 0.327 e. The summed E-state index contributed by atoms with van der Waals surface area (Å²) in [4.78, 5) is 29.7. The summed E-state index contributed by atoms with van der Waals surface area (Å²) >= 11 is 1.07. The van der Waals surface area contributed by atoms with Crippen molar-refractivity contribution in [2.45, 2.75) is 4.90 Å². The molecule has 34 heavy (non-hydrogen) atoms. The molecule has 3 aromatic carbocycles. The number of nitrogens with one attached hydrogen (secondary N) is 2. The van der Waals surface area contributed by atoms with Gasteiger partial charge in [0.2, 0.25) is 0 Å². The molecule has 11 heteroatoms. The number of imide groups is 1. The number of fused-ring (bicyclic) bond motifs is 1. The van der Waals surface area contributed by atoms with Gasteiger partial charge in [0, 0.05) is 11.8 Å². The van der Waals surface area contributed by atoms with Gasteiger partial charge in [-0.2, -0.15) is 0 Å². The van der Waals surface area contributed by atoms with Gasteiger partial charge in [-0.25, -0.2) is 22.6 Å². The Labute approximate surface area is 198 Å². The van der Waals surface area contributed by atoms with Crippen molar-refractivity contribution < 1.29 is 27.1 Å². The van der Waals surface area contributed by atoms with E-state index in [0.29, 0.717) is 27.1 Å². The van der Waals surface area contributed by atoms with Crippen LogP contribution in [0.3, 0.4) is 0 Å². The van der Waals surface area contributed by atoms with Crippen LogP contribution in [0.4, 0.5) is 14.3 Å². The average molecular weight is 500 g/mol. The van der Waals surface area contributed by atoms with E-state index in [1.54, 1.807) is 18.2 Å². The quantitative estimate of drug-likeness (QED) is 0.419. The molecule has 0 saturated heterocycles. The summed E-state index contributed by atoms with van der Waals surface area (Å²) in [5.74, 6) is -0.611. The fourth-order valence-electron chi connectivity index (χ4n) is 3.20. The van der Waals surface area contributed by atoms with Crippen molar-refractivity contribution in [3.63, 3.8) is 0 Å². The summed E-state index contributed by atoms with van der Waals surface area (Å²) in [6.45, 7) is 0. The van der Waals surface area contributed by atoms with Crippen LogP contribution in [-0.4, -0.2) is 38.7 Å². The van der Waals surface area contributed by atoms with Gasteiger partial charge in [-0.3, -0.25) is 15.4 Å². The molecule has 8 nitrogen and oxygen atoms in total. The highest BCUT2D eigenvalue weighted by atomic mass is 32.2. The number of hydrogen-bond acceptors (Lipinski definition) is 7. The number of rotatable bonds is 5. The number of hydrogen-bond donors (Lipinski definition) is 2. The molecule has 0 radical (unpaired) electrons. The van der Waals surface area contributed by atoms with E-state index < -0.39 is 27.6 Å². The number of nitrogens with zero attached hydrogens (tertiary/aromatic N) is 1. The third kappa shape index (κ3) is 5.05. The summed E-state index contributed by atoms with van der Waals surface area (Å²) in [5, 5.41) is 4.94. The Balaban J connectivity index is 1.55. The zero-order chi connectivity index (χ0) is 24.5. The molecule has 0 spiro atoms. The lowest BCUT2D eigenvalue weighted by molar-refractivity contribution is 0.0967. The van der Waals surface area contributed by atoms with Gasteiger partial charge in [-0.05, 0) is 59.7 Å². The number of amides is 3. The third-order valence-electron chi connectivity index (χ3n) is 4.86. The lowest BCUT2D eigenvalue weighted by atomic mass is 9.98. The Hall–Kier alpha value is -3.83. The molecule has 3 amide bonds. The van der Waals surface area contributed by atoms with Crippen LogP contribution in [0.5, 0.6) is 5.75 Å². The lowest BCUT2D eigenvalue weighted by Gasteiger charge is -2.12. The summed E-state index contributed by atoms with van der Waals surface area (Å²) in [5.41, 5.74) is 1.72. The molecule has 0 saturated carbocycles. The van der Waals surface area contributed by atoms with Crippen molar-refractivity contribution in [1.29, 1.82) is 0 Å². The molecule has 1 aromatic heterocycles.